The smallest absolute Gasteiger partial charge is 0.223 e. The number of halogens is 1. The van der Waals surface area contributed by atoms with Gasteiger partial charge >= 0.3 is 0 Å². The summed E-state index contributed by atoms with van der Waals surface area (Å²) in [6.45, 7) is 3.05. The third kappa shape index (κ3) is 5.13. The lowest BCUT2D eigenvalue weighted by molar-refractivity contribution is -0.131. The van der Waals surface area contributed by atoms with E-state index < -0.39 is 0 Å². The number of hydrogen-bond donors (Lipinski definition) is 0. The Balaban J connectivity index is 1.62. The van der Waals surface area contributed by atoms with E-state index in [9.17, 15) is 4.79 Å². The number of amides is 1. The van der Waals surface area contributed by atoms with E-state index in [1.807, 2.05) is 43.3 Å². The highest BCUT2D eigenvalue weighted by Gasteiger charge is 2.16. The molecule has 0 saturated heterocycles. The zero-order chi connectivity index (χ0) is 21.5. The van der Waals surface area contributed by atoms with Gasteiger partial charge in [-0.3, -0.25) is 4.79 Å². The van der Waals surface area contributed by atoms with Crippen LogP contribution < -0.4 is 9.47 Å². The quantitative estimate of drug-likeness (QED) is 0.480. The summed E-state index contributed by atoms with van der Waals surface area (Å²) in [5, 5.41) is 0.600. The van der Waals surface area contributed by atoms with Gasteiger partial charge in [-0.15, -0.1) is 0 Å². The number of oxazole rings is 1. The molecule has 0 atom stereocenters. The summed E-state index contributed by atoms with van der Waals surface area (Å²) in [5.74, 6) is 2.45. The van der Waals surface area contributed by atoms with Gasteiger partial charge in [-0.05, 0) is 36.8 Å². The van der Waals surface area contributed by atoms with Crippen molar-refractivity contribution in [3.8, 4) is 22.8 Å². The van der Waals surface area contributed by atoms with Gasteiger partial charge in [-0.25, -0.2) is 4.98 Å². The van der Waals surface area contributed by atoms with Crippen LogP contribution in [0.3, 0.4) is 0 Å². The van der Waals surface area contributed by atoms with Crippen LogP contribution in [0.2, 0.25) is 5.02 Å². The number of carbonyl (C=O) groups is 1. The first-order valence-corrected chi connectivity index (χ1v) is 10.1. The molecule has 0 aliphatic carbocycles. The Hall–Kier alpha value is -2.99. The van der Waals surface area contributed by atoms with Crippen LogP contribution in [0.15, 0.2) is 53.1 Å². The van der Waals surface area contributed by atoms with E-state index in [0.717, 1.165) is 11.1 Å². The van der Waals surface area contributed by atoms with Crippen molar-refractivity contribution in [3.05, 3.63) is 65.1 Å². The van der Waals surface area contributed by atoms with Crippen molar-refractivity contribution in [1.29, 1.82) is 0 Å². The summed E-state index contributed by atoms with van der Waals surface area (Å²) in [4.78, 5) is 18.8. The number of benzene rings is 2. The Morgan fingerprint density at radius 2 is 1.90 bits per heavy atom. The molecule has 0 radical (unpaired) electrons. The number of aryl methyl sites for hydroxylation is 1. The number of hydrogen-bond acceptors (Lipinski definition) is 5. The molecule has 3 aromatic rings. The second kappa shape index (κ2) is 10.2. The first-order valence-electron chi connectivity index (χ1n) is 9.74. The van der Waals surface area contributed by atoms with Gasteiger partial charge in [0.2, 0.25) is 5.91 Å². The van der Waals surface area contributed by atoms with Crippen molar-refractivity contribution in [2.24, 2.45) is 0 Å². The molecule has 0 aliphatic rings. The maximum atomic E-state index is 12.7. The minimum absolute atomic E-state index is 0.0322. The maximum absolute atomic E-state index is 12.7. The van der Waals surface area contributed by atoms with Crippen LogP contribution in [0.25, 0.3) is 11.3 Å². The highest BCUT2D eigenvalue weighted by molar-refractivity contribution is 6.33. The molecule has 2 aromatic carbocycles. The summed E-state index contributed by atoms with van der Waals surface area (Å²) in [7, 11) is 3.19. The Morgan fingerprint density at radius 3 is 2.60 bits per heavy atom. The largest absolute Gasteiger partial charge is 0.493 e. The van der Waals surface area contributed by atoms with Gasteiger partial charge in [0.25, 0.3) is 0 Å². The van der Waals surface area contributed by atoms with Crippen molar-refractivity contribution in [1.82, 2.24) is 9.88 Å². The van der Waals surface area contributed by atoms with Gasteiger partial charge in [0.15, 0.2) is 23.1 Å². The fourth-order valence-corrected chi connectivity index (χ4v) is 3.39. The molecule has 7 heteroatoms. The molecule has 0 fully saturated rings. The SMILES string of the molecule is CCN(Cc1ccc(OC)c(OC)c1)C(=O)CCc1ncc(-c2ccccc2Cl)o1. The van der Waals surface area contributed by atoms with Crippen molar-refractivity contribution in [2.75, 3.05) is 20.8 Å². The summed E-state index contributed by atoms with van der Waals surface area (Å²) >= 11 is 6.21. The van der Waals surface area contributed by atoms with Gasteiger partial charge < -0.3 is 18.8 Å². The second-order valence-electron chi connectivity index (χ2n) is 6.70. The van der Waals surface area contributed by atoms with E-state index in [4.69, 9.17) is 25.5 Å². The second-order valence-corrected chi connectivity index (χ2v) is 7.10. The number of aromatic nitrogens is 1. The summed E-state index contributed by atoms with van der Waals surface area (Å²) in [6, 6.07) is 13.1. The zero-order valence-corrected chi connectivity index (χ0v) is 18.1. The summed E-state index contributed by atoms with van der Waals surface area (Å²) < 4.78 is 16.4. The average molecular weight is 429 g/mol. The van der Waals surface area contributed by atoms with Gasteiger partial charge in [0.05, 0.1) is 25.4 Å². The normalized spacial score (nSPS) is 10.7. The number of nitrogens with zero attached hydrogens (tertiary/aromatic N) is 2. The molecule has 0 aliphatic heterocycles. The molecule has 6 nitrogen and oxygen atoms in total. The topological polar surface area (TPSA) is 64.8 Å². The molecule has 0 saturated carbocycles. The molecule has 1 heterocycles. The predicted molar refractivity (Wildman–Crippen MR) is 116 cm³/mol. The maximum Gasteiger partial charge on any atom is 0.223 e. The van der Waals surface area contributed by atoms with E-state index in [1.54, 1.807) is 31.4 Å². The van der Waals surface area contributed by atoms with Crippen molar-refractivity contribution in [3.63, 3.8) is 0 Å². The Kier molecular flexibility index (Phi) is 7.36. The lowest BCUT2D eigenvalue weighted by Crippen LogP contribution is -2.30. The Bertz CT molecular complexity index is 1000. The standard InChI is InChI=1S/C23H25ClN2O4/c1-4-26(15-16-9-10-19(28-2)20(13-16)29-3)23(27)12-11-22-25-14-21(30-22)17-7-5-6-8-18(17)24/h5-10,13-14H,4,11-12,15H2,1-3H3. The van der Waals surface area contributed by atoms with Crippen LogP contribution in [-0.4, -0.2) is 36.6 Å². The van der Waals surface area contributed by atoms with Crippen molar-refractivity contribution in [2.45, 2.75) is 26.3 Å². The minimum Gasteiger partial charge on any atom is -0.493 e. The van der Waals surface area contributed by atoms with E-state index in [0.29, 0.717) is 54.1 Å². The number of ether oxygens (including phenoxy) is 2. The van der Waals surface area contributed by atoms with Crippen LogP contribution in [0.1, 0.15) is 24.8 Å². The molecule has 158 valence electrons. The highest BCUT2D eigenvalue weighted by Crippen LogP contribution is 2.29. The van der Waals surface area contributed by atoms with Crippen molar-refractivity contribution >= 4 is 17.5 Å². The molecular weight excluding hydrogens is 404 g/mol. The van der Waals surface area contributed by atoms with Gasteiger partial charge in [0, 0.05) is 31.5 Å². The van der Waals surface area contributed by atoms with Crippen LogP contribution >= 0.6 is 11.6 Å². The molecule has 1 amide bonds. The van der Waals surface area contributed by atoms with E-state index in [-0.39, 0.29) is 5.91 Å². The summed E-state index contributed by atoms with van der Waals surface area (Å²) in [6.07, 6.45) is 2.37. The molecule has 30 heavy (non-hydrogen) atoms. The molecule has 0 unspecified atom stereocenters. The lowest BCUT2D eigenvalue weighted by atomic mass is 10.1. The zero-order valence-electron chi connectivity index (χ0n) is 17.4. The Morgan fingerprint density at radius 1 is 1.13 bits per heavy atom. The molecule has 1 aromatic heterocycles. The van der Waals surface area contributed by atoms with Crippen LogP contribution in [0.4, 0.5) is 0 Å². The number of methoxy groups -OCH3 is 2. The van der Waals surface area contributed by atoms with E-state index in [1.165, 1.54) is 0 Å². The molecule has 0 N–H and O–H groups in total. The van der Waals surface area contributed by atoms with Gasteiger partial charge in [-0.1, -0.05) is 29.8 Å². The van der Waals surface area contributed by atoms with Gasteiger partial charge in [-0.2, -0.15) is 0 Å². The molecule has 3 rings (SSSR count). The molecule has 0 spiro atoms. The number of rotatable bonds is 9. The fourth-order valence-electron chi connectivity index (χ4n) is 3.16. The third-order valence-corrected chi connectivity index (χ3v) is 5.13. The third-order valence-electron chi connectivity index (χ3n) is 4.80. The van der Waals surface area contributed by atoms with Crippen LogP contribution in [-0.2, 0) is 17.8 Å². The lowest BCUT2D eigenvalue weighted by Gasteiger charge is -2.21. The van der Waals surface area contributed by atoms with E-state index >= 15 is 0 Å². The summed E-state index contributed by atoms with van der Waals surface area (Å²) in [5.41, 5.74) is 1.76. The average Bonchev–Trinajstić information content (AvgIpc) is 3.24. The fraction of sp³-hybridized carbons (Fsp3) is 0.304. The van der Waals surface area contributed by atoms with Crippen molar-refractivity contribution < 1.29 is 18.7 Å². The molecule has 0 bridgehead atoms. The van der Waals surface area contributed by atoms with Gasteiger partial charge in [0.1, 0.15) is 0 Å². The molecular formula is C23H25ClN2O4. The van der Waals surface area contributed by atoms with Crippen LogP contribution in [0, 0.1) is 0 Å². The highest BCUT2D eigenvalue weighted by atomic mass is 35.5. The monoisotopic (exact) mass is 428 g/mol. The predicted octanol–water partition coefficient (Wildman–Crippen LogP) is 4.99. The Labute approximate surface area is 181 Å². The van der Waals surface area contributed by atoms with Crippen LogP contribution in [0.5, 0.6) is 11.5 Å². The first-order chi connectivity index (χ1) is 14.5. The van der Waals surface area contributed by atoms with E-state index in [2.05, 4.69) is 4.98 Å². The first kappa shape index (κ1) is 21.7. The minimum atomic E-state index is 0.0322. The number of carbonyl (C=O) groups excluding carboxylic acids is 1.